The Balaban J connectivity index is 1.64. The van der Waals surface area contributed by atoms with Crippen LogP contribution in [0, 0.1) is 13.8 Å². The van der Waals surface area contributed by atoms with Crippen molar-refractivity contribution in [2.45, 2.75) is 20.4 Å². The molecular weight excluding hydrogens is 354 g/mol. The summed E-state index contributed by atoms with van der Waals surface area (Å²) in [5, 5.41) is 2.83. The summed E-state index contributed by atoms with van der Waals surface area (Å²) in [5.41, 5.74) is 3.72. The molecule has 0 aliphatic rings. The van der Waals surface area contributed by atoms with Crippen LogP contribution in [0.5, 0.6) is 0 Å². The molecule has 0 saturated heterocycles. The van der Waals surface area contributed by atoms with Gasteiger partial charge in [0.2, 0.25) is 0 Å². The van der Waals surface area contributed by atoms with Gasteiger partial charge < -0.3 is 10.3 Å². The van der Waals surface area contributed by atoms with Gasteiger partial charge in [-0.1, -0.05) is 18.2 Å². The van der Waals surface area contributed by atoms with Gasteiger partial charge in [-0.15, -0.1) is 0 Å². The van der Waals surface area contributed by atoms with E-state index in [1.54, 1.807) is 32.4 Å². The number of rotatable bonds is 4. The van der Waals surface area contributed by atoms with Crippen LogP contribution in [0.2, 0.25) is 0 Å². The lowest BCUT2D eigenvalue weighted by molar-refractivity contribution is 0.0948. The molecule has 0 spiro atoms. The number of carbonyl (C=O) groups is 1. The van der Waals surface area contributed by atoms with Gasteiger partial charge in [0.15, 0.2) is 0 Å². The molecule has 4 rings (SSSR count). The topological polar surface area (TPSA) is 92.7 Å². The summed E-state index contributed by atoms with van der Waals surface area (Å²) in [6, 6.07) is 13.3. The second-order valence-electron chi connectivity index (χ2n) is 6.61. The summed E-state index contributed by atoms with van der Waals surface area (Å²) in [7, 11) is 0. The summed E-state index contributed by atoms with van der Waals surface area (Å²) in [4.78, 5) is 36.3. The molecule has 28 heavy (non-hydrogen) atoms. The average Bonchev–Trinajstić information content (AvgIpc) is 3.10. The van der Waals surface area contributed by atoms with Crippen LogP contribution in [0.1, 0.15) is 27.2 Å². The lowest BCUT2D eigenvalue weighted by Gasteiger charge is -2.12. The van der Waals surface area contributed by atoms with Gasteiger partial charge in [0.05, 0.1) is 11.0 Å². The van der Waals surface area contributed by atoms with Gasteiger partial charge in [0.1, 0.15) is 17.7 Å². The van der Waals surface area contributed by atoms with E-state index in [9.17, 15) is 9.59 Å². The van der Waals surface area contributed by atoms with Crippen LogP contribution in [-0.2, 0) is 6.54 Å². The zero-order valence-electron chi connectivity index (χ0n) is 15.6. The molecule has 0 aliphatic carbocycles. The first kappa shape index (κ1) is 17.7. The van der Waals surface area contributed by atoms with Crippen LogP contribution < -0.4 is 10.9 Å². The van der Waals surface area contributed by atoms with Crippen LogP contribution in [0.4, 0.5) is 0 Å². The zero-order chi connectivity index (χ0) is 19.7. The van der Waals surface area contributed by atoms with Crippen LogP contribution in [-0.4, -0.2) is 25.4 Å². The van der Waals surface area contributed by atoms with Crippen LogP contribution >= 0.6 is 0 Å². The van der Waals surface area contributed by atoms with E-state index < -0.39 is 5.91 Å². The monoisotopic (exact) mass is 373 g/mol. The minimum absolute atomic E-state index is 0.129. The second kappa shape index (κ2) is 7.11. The Labute approximate surface area is 161 Å². The number of nitrogens with one attached hydrogen (secondary N) is 2. The van der Waals surface area contributed by atoms with E-state index >= 15 is 0 Å². The fraction of sp³-hybridized carbons (Fsp3) is 0.143. The first-order valence-corrected chi connectivity index (χ1v) is 8.89. The number of nitrogens with zero attached hydrogens (tertiary/aromatic N) is 3. The van der Waals surface area contributed by atoms with Crippen LogP contribution in [0.3, 0.4) is 0 Å². The molecule has 140 valence electrons. The number of aromatic amines is 1. The number of aromatic nitrogens is 4. The molecule has 0 unspecified atom stereocenters. The molecule has 0 radical (unpaired) electrons. The largest absolute Gasteiger partial charge is 0.348 e. The minimum atomic E-state index is -0.413. The molecule has 3 aromatic heterocycles. The van der Waals surface area contributed by atoms with E-state index in [4.69, 9.17) is 0 Å². The van der Waals surface area contributed by atoms with Crippen molar-refractivity contribution in [3.05, 3.63) is 87.7 Å². The Morgan fingerprint density at radius 2 is 1.96 bits per heavy atom. The van der Waals surface area contributed by atoms with Crippen molar-refractivity contribution < 1.29 is 4.79 Å². The van der Waals surface area contributed by atoms with E-state index in [1.807, 2.05) is 41.0 Å². The molecule has 1 amide bonds. The predicted octanol–water partition coefficient (Wildman–Crippen LogP) is 2.66. The second-order valence-corrected chi connectivity index (χ2v) is 6.61. The van der Waals surface area contributed by atoms with Crippen LogP contribution in [0.25, 0.3) is 16.9 Å². The van der Waals surface area contributed by atoms with Gasteiger partial charge in [-0.25, -0.2) is 9.97 Å². The number of H-pyrrole nitrogens is 1. The molecule has 0 fully saturated rings. The SMILES string of the molecule is Cc1cc(C)c(C(=O)NCc2cccnc2-n2cnc3ccccc32)c(=O)[nH]1. The molecule has 0 bridgehead atoms. The number of hydrogen-bond acceptors (Lipinski definition) is 4. The number of para-hydroxylation sites is 2. The third kappa shape index (κ3) is 3.18. The number of amides is 1. The quantitative estimate of drug-likeness (QED) is 0.575. The van der Waals surface area contributed by atoms with Gasteiger partial charge >= 0.3 is 0 Å². The molecule has 3 heterocycles. The number of imidazole rings is 1. The lowest BCUT2D eigenvalue weighted by Crippen LogP contribution is -2.31. The highest BCUT2D eigenvalue weighted by molar-refractivity contribution is 5.95. The smallest absolute Gasteiger partial charge is 0.261 e. The van der Waals surface area contributed by atoms with Crippen molar-refractivity contribution in [2.75, 3.05) is 0 Å². The Hall–Kier alpha value is -3.74. The highest BCUT2D eigenvalue weighted by atomic mass is 16.2. The summed E-state index contributed by atoms with van der Waals surface area (Å²) in [6.45, 7) is 3.78. The third-order valence-electron chi connectivity index (χ3n) is 4.58. The van der Waals surface area contributed by atoms with Crippen molar-refractivity contribution in [1.82, 2.24) is 24.8 Å². The number of aryl methyl sites for hydroxylation is 2. The average molecular weight is 373 g/mol. The van der Waals surface area contributed by atoms with E-state index in [0.29, 0.717) is 11.4 Å². The van der Waals surface area contributed by atoms with Gasteiger partial charge in [-0.3, -0.25) is 14.2 Å². The number of hydrogen-bond donors (Lipinski definition) is 2. The number of fused-ring (bicyclic) bond motifs is 1. The molecule has 0 saturated carbocycles. The maximum atomic E-state index is 12.6. The summed E-state index contributed by atoms with van der Waals surface area (Å²) >= 11 is 0. The van der Waals surface area contributed by atoms with Crippen molar-refractivity contribution in [3.8, 4) is 5.82 Å². The summed E-state index contributed by atoms with van der Waals surface area (Å²) in [5.74, 6) is 0.273. The Morgan fingerprint density at radius 3 is 2.79 bits per heavy atom. The molecule has 1 aromatic carbocycles. The predicted molar refractivity (Wildman–Crippen MR) is 107 cm³/mol. The lowest BCUT2D eigenvalue weighted by atomic mass is 10.1. The van der Waals surface area contributed by atoms with Gasteiger partial charge in [0, 0.05) is 24.0 Å². The molecular formula is C21H19N5O2. The Morgan fingerprint density at radius 1 is 1.14 bits per heavy atom. The standard InChI is InChI=1S/C21H19N5O2/c1-13-10-14(2)25-21(28)18(13)20(27)23-11-15-6-5-9-22-19(15)26-12-24-16-7-3-4-8-17(16)26/h3-10,12H,11H2,1-2H3,(H,23,27)(H,25,28). The molecule has 7 heteroatoms. The van der Waals surface area contributed by atoms with Crippen molar-refractivity contribution in [1.29, 1.82) is 0 Å². The van der Waals surface area contributed by atoms with Gasteiger partial charge in [-0.05, 0) is 43.7 Å². The van der Waals surface area contributed by atoms with Gasteiger partial charge in [0.25, 0.3) is 11.5 Å². The fourth-order valence-corrected chi connectivity index (χ4v) is 3.31. The summed E-state index contributed by atoms with van der Waals surface area (Å²) < 4.78 is 1.89. The van der Waals surface area contributed by atoms with Crippen molar-refractivity contribution >= 4 is 16.9 Å². The molecule has 0 aliphatic heterocycles. The number of pyridine rings is 2. The molecule has 4 aromatic rings. The Kier molecular flexibility index (Phi) is 4.49. The minimum Gasteiger partial charge on any atom is -0.348 e. The van der Waals surface area contributed by atoms with Gasteiger partial charge in [-0.2, -0.15) is 0 Å². The van der Waals surface area contributed by atoms with Crippen molar-refractivity contribution in [3.63, 3.8) is 0 Å². The highest BCUT2D eigenvalue weighted by Crippen LogP contribution is 2.19. The third-order valence-corrected chi connectivity index (χ3v) is 4.58. The Bertz CT molecular complexity index is 1240. The highest BCUT2D eigenvalue weighted by Gasteiger charge is 2.16. The fourth-order valence-electron chi connectivity index (χ4n) is 3.31. The first-order chi connectivity index (χ1) is 13.5. The number of benzene rings is 1. The van der Waals surface area contributed by atoms with Crippen LogP contribution in [0.15, 0.2) is 59.8 Å². The zero-order valence-corrected chi connectivity index (χ0v) is 15.6. The first-order valence-electron chi connectivity index (χ1n) is 8.89. The maximum absolute atomic E-state index is 12.6. The molecule has 2 N–H and O–H groups in total. The van der Waals surface area contributed by atoms with Crippen molar-refractivity contribution in [2.24, 2.45) is 0 Å². The van der Waals surface area contributed by atoms with E-state index in [2.05, 4.69) is 20.3 Å². The van der Waals surface area contributed by atoms with E-state index in [-0.39, 0.29) is 17.7 Å². The summed E-state index contributed by atoms with van der Waals surface area (Å²) in [6.07, 6.45) is 3.41. The van der Waals surface area contributed by atoms with E-state index in [0.717, 1.165) is 22.3 Å². The molecule has 7 nitrogen and oxygen atoms in total. The molecule has 0 atom stereocenters. The van der Waals surface area contributed by atoms with E-state index in [1.165, 1.54) is 0 Å². The normalized spacial score (nSPS) is 10.9. The maximum Gasteiger partial charge on any atom is 0.261 e. The number of carbonyl (C=O) groups excluding carboxylic acids is 1.